The van der Waals surface area contributed by atoms with E-state index in [9.17, 15) is 4.79 Å². The van der Waals surface area contributed by atoms with Crippen LogP contribution in [0.1, 0.15) is 22.4 Å². The predicted octanol–water partition coefficient (Wildman–Crippen LogP) is 4.71. The van der Waals surface area contributed by atoms with Crippen molar-refractivity contribution in [3.05, 3.63) is 99.6 Å². The summed E-state index contributed by atoms with van der Waals surface area (Å²) in [5, 5.41) is 12.2. The second kappa shape index (κ2) is 6.95. The number of rotatable bonds is 3. The summed E-state index contributed by atoms with van der Waals surface area (Å²) in [4.78, 5) is 13.5. The van der Waals surface area contributed by atoms with Crippen molar-refractivity contribution in [2.75, 3.05) is 0 Å². The molecule has 0 fully saturated rings. The number of hydrogen-bond acceptors (Lipinski definition) is 3. The number of benzene rings is 3. The first-order valence-electron chi connectivity index (χ1n) is 10.0. The molecule has 0 bridgehead atoms. The van der Waals surface area contributed by atoms with Gasteiger partial charge in [0.05, 0.1) is 24.1 Å². The van der Waals surface area contributed by atoms with Crippen molar-refractivity contribution in [3.8, 4) is 5.69 Å². The van der Waals surface area contributed by atoms with Gasteiger partial charge in [0, 0.05) is 5.39 Å². The highest BCUT2D eigenvalue weighted by molar-refractivity contribution is 5.86. The van der Waals surface area contributed by atoms with Gasteiger partial charge in [-0.3, -0.25) is 4.79 Å². The minimum absolute atomic E-state index is 0.138. The molecule has 5 heteroatoms. The van der Waals surface area contributed by atoms with Crippen LogP contribution >= 0.6 is 0 Å². The van der Waals surface area contributed by atoms with Crippen molar-refractivity contribution in [2.24, 2.45) is 0 Å². The van der Waals surface area contributed by atoms with Crippen LogP contribution in [0.15, 0.2) is 71.7 Å². The van der Waals surface area contributed by atoms with Gasteiger partial charge in [-0.05, 0) is 48.7 Å². The fourth-order valence-electron chi connectivity index (χ4n) is 4.15. The maximum atomic E-state index is 13.5. The number of fused-ring (bicyclic) bond motifs is 2. The molecule has 0 unspecified atom stereocenters. The third-order valence-electron chi connectivity index (χ3n) is 5.65. The SMILES string of the molecule is Cc1ccc(-n2ncc3c(C)nn(Cc4cccc5ccccc45)c(=O)c32)c(C)c1. The van der Waals surface area contributed by atoms with Gasteiger partial charge < -0.3 is 0 Å². The molecule has 0 saturated heterocycles. The molecule has 0 aliphatic rings. The van der Waals surface area contributed by atoms with E-state index in [2.05, 4.69) is 47.5 Å². The standard InChI is InChI=1S/C25H22N4O/c1-16-11-12-23(17(2)13-16)29-24-22(14-26-29)18(3)27-28(25(24)30)15-20-9-6-8-19-7-4-5-10-21(19)20/h4-14H,15H2,1-3H3. The van der Waals surface area contributed by atoms with E-state index in [1.807, 2.05) is 44.2 Å². The van der Waals surface area contributed by atoms with Gasteiger partial charge in [0.25, 0.3) is 5.56 Å². The molecule has 0 aliphatic heterocycles. The Bertz CT molecular complexity index is 1470. The third kappa shape index (κ3) is 2.90. The van der Waals surface area contributed by atoms with E-state index in [0.29, 0.717) is 12.1 Å². The fourth-order valence-corrected chi connectivity index (χ4v) is 4.15. The molecule has 5 nitrogen and oxygen atoms in total. The summed E-state index contributed by atoms with van der Waals surface area (Å²) in [6, 6.07) is 20.5. The van der Waals surface area contributed by atoms with Crippen LogP contribution in [0, 0.1) is 20.8 Å². The lowest BCUT2D eigenvalue weighted by molar-refractivity contribution is 0.637. The molecule has 148 valence electrons. The van der Waals surface area contributed by atoms with Crippen molar-refractivity contribution in [3.63, 3.8) is 0 Å². The fraction of sp³-hybridized carbons (Fsp3) is 0.160. The summed E-state index contributed by atoms with van der Waals surface area (Å²) in [5.41, 5.74) is 5.46. The van der Waals surface area contributed by atoms with Crippen LogP contribution in [-0.2, 0) is 6.54 Å². The average molecular weight is 394 g/mol. The van der Waals surface area contributed by atoms with Gasteiger partial charge in [-0.25, -0.2) is 9.36 Å². The van der Waals surface area contributed by atoms with Gasteiger partial charge in [-0.15, -0.1) is 0 Å². The lowest BCUT2D eigenvalue weighted by Crippen LogP contribution is -2.26. The summed E-state index contributed by atoms with van der Waals surface area (Å²) >= 11 is 0. The van der Waals surface area contributed by atoms with Crippen LogP contribution in [0.25, 0.3) is 27.4 Å². The summed E-state index contributed by atoms with van der Waals surface area (Å²) in [6.45, 7) is 6.44. The Labute approximate surface area is 174 Å². The smallest absolute Gasteiger partial charge is 0.265 e. The highest BCUT2D eigenvalue weighted by Gasteiger charge is 2.16. The zero-order valence-corrected chi connectivity index (χ0v) is 17.3. The van der Waals surface area contributed by atoms with E-state index in [1.54, 1.807) is 15.6 Å². The highest BCUT2D eigenvalue weighted by Crippen LogP contribution is 2.22. The molecule has 0 spiro atoms. The van der Waals surface area contributed by atoms with E-state index in [4.69, 9.17) is 0 Å². The second-order valence-corrected chi connectivity index (χ2v) is 7.80. The van der Waals surface area contributed by atoms with Gasteiger partial charge >= 0.3 is 0 Å². The van der Waals surface area contributed by atoms with Crippen LogP contribution in [0.2, 0.25) is 0 Å². The first-order valence-corrected chi connectivity index (χ1v) is 10.0. The van der Waals surface area contributed by atoms with Crippen LogP contribution in [0.3, 0.4) is 0 Å². The molecular formula is C25H22N4O. The molecule has 2 heterocycles. The number of aryl methyl sites for hydroxylation is 3. The minimum atomic E-state index is -0.138. The summed E-state index contributed by atoms with van der Waals surface area (Å²) in [5.74, 6) is 0. The van der Waals surface area contributed by atoms with Crippen LogP contribution in [-0.4, -0.2) is 19.6 Å². The molecular weight excluding hydrogens is 372 g/mol. The number of hydrogen-bond donors (Lipinski definition) is 0. The van der Waals surface area contributed by atoms with Crippen molar-refractivity contribution in [1.29, 1.82) is 0 Å². The molecule has 0 N–H and O–H groups in total. The first kappa shape index (κ1) is 18.3. The maximum Gasteiger partial charge on any atom is 0.293 e. The quantitative estimate of drug-likeness (QED) is 0.445. The molecule has 5 rings (SSSR count). The Morgan fingerprint density at radius 1 is 0.900 bits per heavy atom. The van der Waals surface area contributed by atoms with Crippen LogP contribution in [0.5, 0.6) is 0 Å². The molecule has 0 amide bonds. The third-order valence-corrected chi connectivity index (χ3v) is 5.65. The van der Waals surface area contributed by atoms with Crippen LogP contribution in [0.4, 0.5) is 0 Å². The Morgan fingerprint density at radius 2 is 1.70 bits per heavy atom. The van der Waals surface area contributed by atoms with Gasteiger partial charge in [0.2, 0.25) is 0 Å². The van der Waals surface area contributed by atoms with E-state index in [1.165, 1.54) is 5.56 Å². The van der Waals surface area contributed by atoms with E-state index >= 15 is 0 Å². The van der Waals surface area contributed by atoms with E-state index < -0.39 is 0 Å². The monoisotopic (exact) mass is 394 g/mol. The minimum Gasteiger partial charge on any atom is -0.265 e. The summed E-state index contributed by atoms with van der Waals surface area (Å²) in [7, 11) is 0. The lowest BCUT2D eigenvalue weighted by Gasteiger charge is -2.12. The van der Waals surface area contributed by atoms with Crippen molar-refractivity contribution in [1.82, 2.24) is 19.6 Å². The second-order valence-electron chi connectivity index (χ2n) is 7.80. The summed E-state index contributed by atoms with van der Waals surface area (Å²) < 4.78 is 3.31. The number of nitrogens with zero attached hydrogens (tertiary/aromatic N) is 4. The normalized spacial score (nSPS) is 11.4. The van der Waals surface area contributed by atoms with Crippen molar-refractivity contribution >= 4 is 21.7 Å². The zero-order chi connectivity index (χ0) is 20.8. The van der Waals surface area contributed by atoms with Crippen molar-refractivity contribution in [2.45, 2.75) is 27.3 Å². The molecule has 2 aromatic heterocycles. The van der Waals surface area contributed by atoms with Gasteiger partial charge in [-0.2, -0.15) is 10.2 Å². The highest BCUT2D eigenvalue weighted by atomic mass is 16.1. The Balaban J connectivity index is 1.71. The predicted molar refractivity (Wildman–Crippen MR) is 120 cm³/mol. The summed E-state index contributed by atoms with van der Waals surface area (Å²) in [6.07, 6.45) is 1.74. The molecule has 3 aromatic carbocycles. The molecule has 30 heavy (non-hydrogen) atoms. The number of aromatic nitrogens is 4. The Morgan fingerprint density at radius 3 is 2.53 bits per heavy atom. The van der Waals surface area contributed by atoms with Gasteiger partial charge in [0.15, 0.2) is 0 Å². The largest absolute Gasteiger partial charge is 0.293 e. The van der Waals surface area contributed by atoms with E-state index in [-0.39, 0.29) is 5.56 Å². The zero-order valence-electron chi connectivity index (χ0n) is 17.3. The average Bonchev–Trinajstić information content (AvgIpc) is 3.18. The Hall–Kier alpha value is -3.73. The van der Waals surface area contributed by atoms with Crippen LogP contribution < -0.4 is 5.56 Å². The maximum absolute atomic E-state index is 13.5. The van der Waals surface area contributed by atoms with Gasteiger partial charge in [0.1, 0.15) is 5.52 Å². The van der Waals surface area contributed by atoms with E-state index in [0.717, 1.165) is 38.7 Å². The Kier molecular flexibility index (Phi) is 4.24. The topological polar surface area (TPSA) is 52.7 Å². The van der Waals surface area contributed by atoms with Crippen molar-refractivity contribution < 1.29 is 0 Å². The molecule has 0 atom stereocenters. The molecule has 0 radical (unpaired) electrons. The molecule has 0 aliphatic carbocycles. The lowest BCUT2D eigenvalue weighted by atomic mass is 10.0. The molecule has 5 aromatic rings. The van der Waals surface area contributed by atoms with Gasteiger partial charge in [-0.1, -0.05) is 60.2 Å². The molecule has 0 saturated carbocycles. The first-order chi connectivity index (χ1) is 14.5.